The number of benzene rings is 2. The first-order chi connectivity index (χ1) is 16.6. The zero-order valence-electron chi connectivity index (χ0n) is 19.0. The molecule has 0 spiro atoms. The van der Waals surface area contributed by atoms with E-state index in [1.807, 2.05) is 54.7 Å². The van der Waals surface area contributed by atoms with Crippen LogP contribution < -0.4 is 10.6 Å². The molecule has 1 amide bonds. The van der Waals surface area contributed by atoms with Gasteiger partial charge in [-0.3, -0.25) is 9.69 Å². The van der Waals surface area contributed by atoms with E-state index in [0.29, 0.717) is 16.7 Å². The molecule has 3 heterocycles. The number of hydrogen-bond acceptors (Lipinski definition) is 5. The van der Waals surface area contributed by atoms with Gasteiger partial charge in [0.2, 0.25) is 11.9 Å². The lowest BCUT2D eigenvalue weighted by atomic mass is 9.98. The SMILES string of the molecule is CNC(=O)C(c1ccccc1)N1CCC(Nc2ncc(Cl)c(-c3c[nH]c4ccccc34)n2)CC1. The highest BCUT2D eigenvalue weighted by Crippen LogP contribution is 2.33. The van der Waals surface area contributed by atoms with Gasteiger partial charge in [0.1, 0.15) is 6.04 Å². The first-order valence-electron chi connectivity index (χ1n) is 11.5. The monoisotopic (exact) mass is 474 g/mol. The summed E-state index contributed by atoms with van der Waals surface area (Å²) < 4.78 is 0. The number of hydrogen-bond donors (Lipinski definition) is 3. The number of aromatic amines is 1. The Bertz CT molecular complexity index is 1280. The molecule has 7 nitrogen and oxygen atoms in total. The minimum Gasteiger partial charge on any atom is -0.360 e. The quantitative estimate of drug-likeness (QED) is 0.379. The van der Waals surface area contributed by atoms with Crippen LogP contribution >= 0.6 is 11.6 Å². The first-order valence-corrected chi connectivity index (χ1v) is 11.9. The van der Waals surface area contributed by atoms with Gasteiger partial charge in [-0.2, -0.15) is 0 Å². The minimum atomic E-state index is -0.285. The average Bonchev–Trinajstić information content (AvgIpc) is 3.31. The van der Waals surface area contributed by atoms with E-state index in [2.05, 4.69) is 31.6 Å². The smallest absolute Gasteiger partial charge is 0.241 e. The van der Waals surface area contributed by atoms with E-state index in [9.17, 15) is 4.79 Å². The number of nitrogens with zero attached hydrogens (tertiary/aromatic N) is 3. The largest absolute Gasteiger partial charge is 0.360 e. The molecule has 1 aliphatic rings. The Kier molecular flexibility index (Phi) is 6.47. The van der Waals surface area contributed by atoms with Gasteiger partial charge in [0.05, 0.1) is 16.9 Å². The van der Waals surface area contributed by atoms with Crippen molar-refractivity contribution in [1.29, 1.82) is 0 Å². The summed E-state index contributed by atoms with van der Waals surface area (Å²) in [6.07, 6.45) is 5.35. The molecule has 0 aliphatic carbocycles. The average molecular weight is 475 g/mol. The molecule has 5 rings (SSSR count). The molecule has 2 aromatic carbocycles. The Balaban J connectivity index is 1.30. The molecule has 3 N–H and O–H groups in total. The van der Waals surface area contributed by atoms with Crippen LogP contribution in [0.4, 0.5) is 5.95 Å². The topological polar surface area (TPSA) is 85.9 Å². The molecule has 34 heavy (non-hydrogen) atoms. The van der Waals surface area contributed by atoms with E-state index in [1.165, 1.54) is 0 Å². The molecule has 0 saturated carbocycles. The van der Waals surface area contributed by atoms with Gasteiger partial charge in [-0.15, -0.1) is 0 Å². The van der Waals surface area contributed by atoms with Gasteiger partial charge in [-0.05, 0) is 24.5 Å². The number of carbonyl (C=O) groups is 1. The number of H-pyrrole nitrogens is 1. The van der Waals surface area contributed by atoms with Gasteiger partial charge in [-0.1, -0.05) is 60.1 Å². The van der Waals surface area contributed by atoms with Crippen molar-refractivity contribution in [2.75, 3.05) is 25.5 Å². The molecule has 1 atom stereocenters. The summed E-state index contributed by atoms with van der Waals surface area (Å²) in [7, 11) is 1.69. The number of nitrogens with one attached hydrogen (secondary N) is 3. The van der Waals surface area contributed by atoms with E-state index in [4.69, 9.17) is 16.6 Å². The summed E-state index contributed by atoms with van der Waals surface area (Å²) in [5.74, 6) is 0.580. The normalized spacial score (nSPS) is 15.8. The molecule has 0 bridgehead atoms. The molecule has 4 aromatic rings. The van der Waals surface area contributed by atoms with E-state index in [-0.39, 0.29) is 18.0 Å². The maximum Gasteiger partial charge on any atom is 0.241 e. The Morgan fingerprint density at radius 3 is 2.62 bits per heavy atom. The van der Waals surface area contributed by atoms with Crippen molar-refractivity contribution in [3.8, 4) is 11.3 Å². The zero-order valence-corrected chi connectivity index (χ0v) is 19.7. The fraction of sp³-hybridized carbons (Fsp3) is 0.269. The Morgan fingerprint density at radius 2 is 1.85 bits per heavy atom. The molecular weight excluding hydrogens is 448 g/mol. The van der Waals surface area contributed by atoms with Crippen LogP contribution in [0.2, 0.25) is 5.02 Å². The lowest BCUT2D eigenvalue weighted by Gasteiger charge is -2.37. The predicted octanol–water partition coefficient (Wildman–Crippen LogP) is 4.64. The highest BCUT2D eigenvalue weighted by Gasteiger charge is 2.30. The Labute approximate surface area is 203 Å². The summed E-state index contributed by atoms with van der Waals surface area (Å²) in [6.45, 7) is 1.60. The summed E-state index contributed by atoms with van der Waals surface area (Å²) >= 11 is 6.48. The number of carbonyl (C=O) groups excluding carboxylic acids is 1. The Morgan fingerprint density at radius 1 is 1.12 bits per heavy atom. The van der Waals surface area contributed by atoms with Crippen LogP contribution in [0.1, 0.15) is 24.4 Å². The van der Waals surface area contributed by atoms with Crippen molar-refractivity contribution in [2.24, 2.45) is 0 Å². The second-order valence-electron chi connectivity index (χ2n) is 8.52. The second-order valence-corrected chi connectivity index (χ2v) is 8.93. The van der Waals surface area contributed by atoms with Gasteiger partial charge < -0.3 is 15.6 Å². The van der Waals surface area contributed by atoms with Crippen LogP contribution in [0.15, 0.2) is 67.0 Å². The van der Waals surface area contributed by atoms with Gasteiger partial charge in [0, 0.05) is 48.8 Å². The summed E-state index contributed by atoms with van der Waals surface area (Å²) in [5, 5.41) is 7.89. The van der Waals surface area contributed by atoms with Crippen LogP contribution in [0.3, 0.4) is 0 Å². The van der Waals surface area contributed by atoms with Crippen LogP contribution in [-0.2, 0) is 4.79 Å². The van der Waals surface area contributed by atoms with E-state index in [1.54, 1.807) is 13.2 Å². The summed E-state index contributed by atoms with van der Waals surface area (Å²) in [5.41, 5.74) is 3.71. The number of piperidine rings is 1. The maximum absolute atomic E-state index is 12.7. The van der Waals surface area contributed by atoms with Crippen LogP contribution in [0.5, 0.6) is 0 Å². The third-order valence-corrected chi connectivity index (χ3v) is 6.70. The van der Waals surface area contributed by atoms with Crippen molar-refractivity contribution in [1.82, 2.24) is 25.2 Å². The molecule has 8 heteroatoms. The third kappa shape index (κ3) is 4.49. The first kappa shape index (κ1) is 22.4. The lowest BCUT2D eigenvalue weighted by molar-refractivity contribution is -0.126. The van der Waals surface area contributed by atoms with Crippen molar-refractivity contribution >= 4 is 34.4 Å². The zero-order chi connectivity index (χ0) is 23.5. The number of fused-ring (bicyclic) bond motifs is 1. The molecule has 174 valence electrons. The van der Waals surface area contributed by atoms with Crippen molar-refractivity contribution in [3.05, 3.63) is 77.6 Å². The Hall–Kier alpha value is -3.42. The number of aromatic nitrogens is 3. The van der Waals surface area contributed by atoms with E-state index >= 15 is 0 Å². The van der Waals surface area contributed by atoms with Gasteiger partial charge in [-0.25, -0.2) is 9.97 Å². The molecular formula is C26H27ClN6O. The molecule has 1 saturated heterocycles. The number of amides is 1. The highest BCUT2D eigenvalue weighted by molar-refractivity contribution is 6.33. The van der Waals surface area contributed by atoms with Crippen molar-refractivity contribution in [3.63, 3.8) is 0 Å². The summed E-state index contributed by atoms with van der Waals surface area (Å²) in [6, 6.07) is 18.0. The van der Waals surface area contributed by atoms with Crippen LogP contribution in [-0.4, -0.2) is 51.9 Å². The van der Waals surface area contributed by atoms with Crippen LogP contribution in [0, 0.1) is 0 Å². The molecule has 2 aromatic heterocycles. The number of anilines is 1. The fourth-order valence-electron chi connectivity index (χ4n) is 4.68. The minimum absolute atomic E-state index is 0.0158. The molecule has 1 fully saturated rings. The number of likely N-dealkylation sites (tertiary alicyclic amines) is 1. The maximum atomic E-state index is 12.7. The van der Waals surface area contributed by atoms with E-state index < -0.39 is 0 Å². The van der Waals surface area contributed by atoms with Crippen molar-refractivity contribution in [2.45, 2.75) is 24.9 Å². The molecule has 0 radical (unpaired) electrons. The van der Waals surface area contributed by atoms with Gasteiger partial charge in [0.25, 0.3) is 0 Å². The number of rotatable bonds is 6. The van der Waals surface area contributed by atoms with Gasteiger partial charge in [0.15, 0.2) is 0 Å². The number of likely N-dealkylation sites (N-methyl/N-ethyl adjacent to an activating group) is 1. The standard InChI is InChI=1S/C26H27ClN6O/c1-28-25(34)24(17-7-3-2-4-8-17)33-13-11-18(12-14-33)31-26-30-16-21(27)23(32-26)20-15-29-22-10-6-5-9-19(20)22/h2-10,15-16,18,24,29H,11-14H2,1H3,(H,28,34)(H,30,31,32). The second kappa shape index (κ2) is 9.83. The number of para-hydroxylation sites is 1. The highest BCUT2D eigenvalue weighted by atomic mass is 35.5. The fourth-order valence-corrected chi connectivity index (χ4v) is 4.87. The predicted molar refractivity (Wildman–Crippen MR) is 136 cm³/mol. The third-order valence-electron chi connectivity index (χ3n) is 6.43. The number of halogens is 1. The molecule has 1 unspecified atom stereocenters. The van der Waals surface area contributed by atoms with E-state index in [0.717, 1.165) is 48.0 Å². The van der Waals surface area contributed by atoms with Crippen molar-refractivity contribution < 1.29 is 4.79 Å². The van der Waals surface area contributed by atoms with Crippen LogP contribution in [0.25, 0.3) is 22.2 Å². The summed E-state index contributed by atoms with van der Waals surface area (Å²) in [4.78, 5) is 27.4. The van der Waals surface area contributed by atoms with Gasteiger partial charge >= 0.3 is 0 Å². The molecule has 1 aliphatic heterocycles. The lowest BCUT2D eigenvalue weighted by Crippen LogP contribution is -2.46.